The van der Waals surface area contributed by atoms with Crippen molar-refractivity contribution < 1.29 is 104 Å². The third kappa shape index (κ3) is 29.1. The molecule has 3 aromatic carbocycles. The number of halogens is 2. The first-order valence-electron chi connectivity index (χ1n) is 35.6. The molecule has 0 spiro atoms. The predicted octanol–water partition coefficient (Wildman–Crippen LogP) is 11.0. The summed E-state index contributed by atoms with van der Waals surface area (Å²) in [6.45, 7) is 16.3. The zero-order valence-corrected chi connectivity index (χ0v) is 62.4. The van der Waals surface area contributed by atoms with Crippen LogP contribution in [-0.2, 0) is 100 Å². The number of rotatable bonds is 32. The van der Waals surface area contributed by atoms with Crippen LogP contribution in [0.5, 0.6) is 0 Å². The molecule has 2 saturated heterocycles. The van der Waals surface area contributed by atoms with Crippen LogP contribution in [0.3, 0.4) is 0 Å². The van der Waals surface area contributed by atoms with Gasteiger partial charge < -0.3 is 57.5 Å². The zero-order chi connectivity index (χ0) is 76.1. The number of alkyl halides is 2. The molecule has 0 radical (unpaired) electrons. The van der Waals surface area contributed by atoms with Crippen molar-refractivity contribution in [3.63, 3.8) is 0 Å². The van der Waals surface area contributed by atoms with Crippen LogP contribution in [-0.4, -0.2) is 211 Å². The van der Waals surface area contributed by atoms with E-state index in [0.717, 1.165) is 82.8 Å². The van der Waals surface area contributed by atoms with E-state index in [1.165, 1.54) is 60.8 Å². The van der Waals surface area contributed by atoms with Gasteiger partial charge in [-0.1, -0.05) is 105 Å². The minimum atomic E-state index is -1.91. The van der Waals surface area contributed by atoms with Crippen molar-refractivity contribution >= 4 is 59.8 Å². The van der Waals surface area contributed by atoms with Gasteiger partial charge in [-0.3, -0.25) is 19.4 Å². The first kappa shape index (κ1) is 83.7. The van der Waals surface area contributed by atoms with Crippen LogP contribution in [0.25, 0.3) is 0 Å². The highest BCUT2D eigenvalue weighted by molar-refractivity contribution is 5.92. The summed E-state index contributed by atoms with van der Waals surface area (Å²) in [7, 11) is 5.42. The maximum absolute atomic E-state index is 15.2. The molecule has 0 aromatic heterocycles. The van der Waals surface area contributed by atoms with Gasteiger partial charge in [-0.15, -0.1) is 0 Å². The summed E-state index contributed by atoms with van der Waals surface area (Å²) in [6.07, 6.45) is 1.82. The quantitative estimate of drug-likeness (QED) is 0.0449. The Labute approximate surface area is 604 Å². The van der Waals surface area contributed by atoms with E-state index in [4.69, 9.17) is 47.7 Å². The molecule has 24 nitrogen and oxygen atoms in total. The van der Waals surface area contributed by atoms with Crippen molar-refractivity contribution in [3.8, 4) is 0 Å². The molecule has 7 rings (SSSR count). The second kappa shape index (κ2) is 38.0. The van der Waals surface area contributed by atoms with Crippen molar-refractivity contribution in [1.29, 1.82) is 0 Å². The van der Waals surface area contributed by atoms with Gasteiger partial charge in [0.05, 0.1) is 0 Å². The molecule has 1 N–H and O–H groups in total. The lowest BCUT2D eigenvalue weighted by Crippen LogP contribution is -2.52. The van der Waals surface area contributed by atoms with Gasteiger partial charge in [0.1, 0.15) is 53.3 Å². The number of hydrogen-bond donors (Lipinski definition) is 1. The fraction of sp³-hybridized carbons (Fsp3) is 0.636. The molecule has 2 aliphatic heterocycles. The van der Waals surface area contributed by atoms with Gasteiger partial charge in [0.25, 0.3) is 11.8 Å². The van der Waals surface area contributed by atoms with E-state index >= 15 is 8.78 Å². The van der Waals surface area contributed by atoms with Gasteiger partial charge in [0.2, 0.25) is 0 Å². The number of carbonyl (C=O) groups is 10. The van der Waals surface area contributed by atoms with Gasteiger partial charge in [0, 0.05) is 80.3 Å². The maximum atomic E-state index is 15.2. The van der Waals surface area contributed by atoms with E-state index in [2.05, 4.69) is 0 Å². The Morgan fingerprint density at radius 2 is 0.816 bits per heavy atom. The van der Waals surface area contributed by atoms with E-state index in [-0.39, 0.29) is 44.1 Å². The molecule has 4 amide bonds. The standard InChI is InChI=1S/C42H57FN2O10.C35H51FN2O10/c1-41(2,3)55-40(50)45(7)34(25-42(4,5)43)39(49)54-35(24-29-15-17-31(18-16-29)32-19-21-51-22-20-32)37(47)44(6)33(23-28-13-14-28)38(48)53-27-36(46)52-26-30-11-9-8-10-12-30;1-34(2,3)48-33(44)38(7)27(20-35(4,5)36)32(43)47-28(19-23-10-12-24(13-11-23)25-14-16-45-17-15-25)30(41)37(6)26(18-22-8-9-22)31(42)46-21-29(39)40/h8-12,15-18,28,32-35H,13-14,19-27H2,1-7H3;10-13,22,25-28H,8-9,14-21H2,1-7H3,(H,39,40)/t33-,34-,35+;26-,27-,28+/m00/s1. The van der Waals surface area contributed by atoms with Crippen LogP contribution in [0, 0.1) is 11.8 Å². The van der Waals surface area contributed by atoms with Crippen LogP contribution in [0.1, 0.15) is 186 Å². The Morgan fingerprint density at radius 1 is 0.456 bits per heavy atom. The molecule has 103 heavy (non-hydrogen) atoms. The topological polar surface area (TPSA) is 287 Å². The maximum Gasteiger partial charge on any atom is 0.410 e. The smallest absolute Gasteiger partial charge is 0.410 e. The fourth-order valence-electron chi connectivity index (χ4n) is 11.9. The minimum absolute atomic E-state index is 0.00785. The second-order valence-electron chi connectivity index (χ2n) is 30.6. The number of aliphatic carboxylic acids is 1. The van der Waals surface area contributed by atoms with Crippen molar-refractivity contribution in [2.45, 2.75) is 236 Å². The zero-order valence-electron chi connectivity index (χ0n) is 62.4. The fourth-order valence-corrected chi connectivity index (χ4v) is 11.9. The summed E-state index contributed by atoms with van der Waals surface area (Å²) in [6, 6.07) is 19.3. The predicted molar refractivity (Wildman–Crippen MR) is 374 cm³/mol. The number of carboxylic acid groups (broad SMARTS) is 1. The van der Waals surface area contributed by atoms with Crippen LogP contribution in [0.15, 0.2) is 78.9 Å². The van der Waals surface area contributed by atoms with Crippen LogP contribution in [0.2, 0.25) is 0 Å². The largest absolute Gasteiger partial charge is 0.479 e. The monoisotopic (exact) mass is 1450 g/mol. The van der Waals surface area contributed by atoms with E-state index in [1.807, 2.05) is 66.7 Å². The van der Waals surface area contributed by atoms with Gasteiger partial charge in [-0.25, -0.2) is 47.1 Å². The molecule has 2 saturated carbocycles. The second-order valence-corrected chi connectivity index (χ2v) is 30.6. The Morgan fingerprint density at radius 3 is 1.15 bits per heavy atom. The van der Waals surface area contributed by atoms with E-state index < -0.39 is 145 Å². The first-order chi connectivity index (χ1) is 48.2. The van der Waals surface area contributed by atoms with Crippen molar-refractivity contribution in [2.24, 2.45) is 11.8 Å². The van der Waals surface area contributed by atoms with Crippen molar-refractivity contribution in [2.75, 3.05) is 67.8 Å². The average molecular weight is 1450 g/mol. The number of carbonyl (C=O) groups excluding carboxylic acids is 9. The molecule has 4 fully saturated rings. The number of hydrogen-bond acceptors (Lipinski definition) is 19. The molecular formula is C77H108F2N4O20. The molecule has 4 aliphatic rings. The lowest BCUT2D eigenvalue weighted by atomic mass is 9.90. The highest BCUT2D eigenvalue weighted by atomic mass is 19.1. The number of amides is 4. The summed E-state index contributed by atoms with van der Waals surface area (Å²) in [5.74, 6) is -6.24. The molecule has 3 aromatic rings. The Kier molecular flexibility index (Phi) is 30.8. The van der Waals surface area contributed by atoms with E-state index in [1.54, 1.807) is 53.7 Å². The number of likely N-dealkylation sites (N-methyl/N-ethyl adjacent to an activating group) is 4. The number of carboxylic acids is 1. The minimum Gasteiger partial charge on any atom is -0.479 e. The van der Waals surface area contributed by atoms with Gasteiger partial charge >= 0.3 is 48.0 Å². The summed E-state index contributed by atoms with van der Waals surface area (Å²) in [4.78, 5) is 137. The van der Waals surface area contributed by atoms with E-state index in [9.17, 15) is 47.9 Å². The van der Waals surface area contributed by atoms with Gasteiger partial charge in [-0.05, 0) is 159 Å². The van der Waals surface area contributed by atoms with Crippen LogP contribution in [0.4, 0.5) is 18.4 Å². The molecule has 26 heteroatoms. The highest BCUT2D eigenvalue weighted by Gasteiger charge is 2.45. The lowest BCUT2D eigenvalue weighted by molar-refractivity contribution is -0.170. The number of ether oxygens (including phenoxy) is 9. The third-order valence-corrected chi connectivity index (χ3v) is 18.0. The van der Waals surface area contributed by atoms with Crippen molar-refractivity contribution in [1.82, 2.24) is 19.6 Å². The summed E-state index contributed by atoms with van der Waals surface area (Å²) < 4.78 is 79.4. The Bertz CT molecular complexity index is 3310. The average Bonchev–Trinajstić information content (AvgIpc) is 1.81. The Balaban J connectivity index is 0.000000327. The molecule has 570 valence electrons. The SMILES string of the molecule is CN(C(=O)OC(C)(C)C)[C@@H](CC(C)(C)F)C(=O)O[C@H](Cc1ccc(C2CCOCC2)cc1)C(=O)N(C)[C@@H](CC1CC1)C(=O)OCC(=O)O.CN(C(=O)OC(C)(C)C)[C@@H](CC(C)(C)F)C(=O)O[C@H](Cc1ccc(C2CCOCC2)cc1)C(=O)N(C)[C@@H](CC1CC1)C(=O)OCC(=O)OCc1ccccc1. The Hall–Kier alpha value is -8.26. The molecule has 0 unspecified atom stereocenters. The molecular weight excluding hydrogens is 1340 g/mol. The normalized spacial score (nSPS) is 17.0. The molecule has 0 bridgehead atoms. The summed E-state index contributed by atoms with van der Waals surface area (Å²) in [5, 5.41) is 9.03. The van der Waals surface area contributed by atoms with Crippen LogP contribution >= 0.6 is 0 Å². The highest BCUT2D eigenvalue weighted by Crippen LogP contribution is 2.37. The number of esters is 5. The molecule has 6 atom stereocenters. The van der Waals surface area contributed by atoms with Gasteiger partial charge in [0.15, 0.2) is 25.4 Å². The summed E-state index contributed by atoms with van der Waals surface area (Å²) in [5.41, 5.74) is -1.23. The summed E-state index contributed by atoms with van der Waals surface area (Å²) >= 11 is 0. The first-order valence-corrected chi connectivity index (χ1v) is 35.6. The molecule has 2 aliphatic carbocycles. The molecule has 2 heterocycles. The van der Waals surface area contributed by atoms with Crippen molar-refractivity contribution in [3.05, 3.63) is 107 Å². The third-order valence-electron chi connectivity index (χ3n) is 18.0. The van der Waals surface area contributed by atoms with E-state index in [0.29, 0.717) is 49.4 Å². The lowest BCUT2D eigenvalue weighted by Gasteiger charge is -2.34. The number of benzene rings is 3. The van der Waals surface area contributed by atoms with Crippen LogP contribution < -0.4 is 0 Å². The van der Waals surface area contributed by atoms with Gasteiger partial charge in [-0.2, -0.15) is 0 Å². The number of nitrogens with zero attached hydrogens (tertiary/aromatic N) is 4.